The lowest BCUT2D eigenvalue weighted by Gasteiger charge is -2.08. The molecule has 0 aliphatic rings. The van der Waals surface area contributed by atoms with Crippen molar-refractivity contribution in [3.63, 3.8) is 0 Å². The predicted octanol–water partition coefficient (Wildman–Crippen LogP) is 2.13. The van der Waals surface area contributed by atoms with Crippen LogP contribution in [0.25, 0.3) is 0 Å². The minimum Gasteiger partial charge on any atom is -0.504 e. The Bertz CT molecular complexity index is 310. The number of benzene rings is 1. The van der Waals surface area contributed by atoms with E-state index >= 15 is 0 Å². The normalized spacial score (nSPS) is 12.8. The molecule has 0 fully saturated rings. The van der Waals surface area contributed by atoms with Gasteiger partial charge in [0, 0.05) is 4.83 Å². The summed E-state index contributed by atoms with van der Waals surface area (Å²) >= 11 is 3.33. The van der Waals surface area contributed by atoms with Crippen molar-refractivity contribution >= 4 is 15.9 Å². The van der Waals surface area contributed by atoms with Gasteiger partial charge >= 0.3 is 0 Å². The van der Waals surface area contributed by atoms with Crippen LogP contribution >= 0.6 is 15.9 Å². The van der Waals surface area contributed by atoms with Crippen molar-refractivity contribution in [2.24, 2.45) is 0 Å². The standard InChI is InChI=1S/C9H11BrO3/c1-5(10)4-6-2-3-7(11)9(13)8(6)12/h2-3,5,11-13H,4H2,1H3. The zero-order valence-corrected chi connectivity index (χ0v) is 8.74. The van der Waals surface area contributed by atoms with Gasteiger partial charge in [-0.05, 0) is 18.1 Å². The Labute approximate surface area is 84.8 Å². The van der Waals surface area contributed by atoms with E-state index in [-0.39, 0.29) is 16.3 Å². The Hall–Kier alpha value is -0.900. The van der Waals surface area contributed by atoms with Gasteiger partial charge in [-0.25, -0.2) is 0 Å². The van der Waals surface area contributed by atoms with Crippen LogP contribution in [0, 0.1) is 0 Å². The van der Waals surface area contributed by atoms with Crippen molar-refractivity contribution in [2.45, 2.75) is 18.2 Å². The third-order valence-electron chi connectivity index (χ3n) is 1.71. The summed E-state index contributed by atoms with van der Waals surface area (Å²) in [5.41, 5.74) is 0.611. The molecule has 72 valence electrons. The lowest BCUT2D eigenvalue weighted by molar-refractivity contribution is 0.365. The zero-order valence-electron chi connectivity index (χ0n) is 7.16. The molecule has 3 nitrogen and oxygen atoms in total. The number of rotatable bonds is 2. The van der Waals surface area contributed by atoms with Gasteiger partial charge in [-0.1, -0.05) is 28.9 Å². The Kier molecular flexibility index (Phi) is 3.03. The Morgan fingerprint density at radius 3 is 2.38 bits per heavy atom. The van der Waals surface area contributed by atoms with E-state index in [2.05, 4.69) is 15.9 Å². The van der Waals surface area contributed by atoms with Crippen LogP contribution in [-0.4, -0.2) is 20.1 Å². The average molecular weight is 247 g/mol. The molecular formula is C9H11BrO3. The third kappa shape index (κ3) is 2.28. The summed E-state index contributed by atoms with van der Waals surface area (Å²) in [5.74, 6) is -1.000. The molecule has 0 aromatic heterocycles. The van der Waals surface area contributed by atoms with Crippen molar-refractivity contribution in [3.05, 3.63) is 17.7 Å². The summed E-state index contributed by atoms with van der Waals surface area (Å²) in [4.78, 5) is 0.211. The molecule has 1 aromatic carbocycles. The number of phenols is 3. The molecule has 0 aliphatic carbocycles. The fourth-order valence-electron chi connectivity index (χ4n) is 1.08. The van der Waals surface area contributed by atoms with E-state index in [1.54, 1.807) is 6.07 Å². The van der Waals surface area contributed by atoms with Crippen LogP contribution in [0.5, 0.6) is 17.2 Å². The minimum atomic E-state index is -0.453. The first-order chi connectivity index (χ1) is 6.02. The Morgan fingerprint density at radius 2 is 1.85 bits per heavy atom. The predicted molar refractivity (Wildman–Crippen MR) is 53.5 cm³/mol. The maximum absolute atomic E-state index is 9.40. The SMILES string of the molecule is CC(Br)Cc1ccc(O)c(O)c1O. The second-order valence-electron chi connectivity index (χ2n) is 2.93. The molecule has 0 aliphatic heterocycles. The van der Waals surface area contributed by atoms with Crippen LogP contribution in [0.4, 0.5) is 0 Å². The number of alkyl halides is 1. The smallest absolute Gasteiger partial charge is 0.200 e. The minimum absolute atomic E-state index is 0.211. The summed E-state index contributed by atoms with van der Waals surface area (Å²) in [6.45, 7) is 1.93. The fourth-order valence-corrected chi connectivity index (χ4v) is 1.43. The lowest BCUT2D eigenvalue weighted by Crippen LogP contribution is -1.96. The van der Waals surface area contributed by atoms with Crippen molar-refractivity contribution in [2.75, 3.05) is 0 Å². The van der Waals surface area contributed by atoms with Gasteiger partial charge in [0.25, 0.3) is 0 Å². The van der Waals surface area contributed by atoms with E-state index in [9.17, 15) is 10.2 Å². The molecule has 13 heavy (non-hydrogen) atoms. The van der Waals surface area contributed by atoms with Crippen molar-refractivity contribution < 1.29 is 15.3 Å². The molecule has 0 saturated carbocycles. The summed E-state index contributed by atoms with van der Waals surface area (Å²) in [7, 11) is 0. The monoisotopic (exact) mass is 246 g/mol. The van der Waals surface area contributed by atoms with Crippen LogP contribution in [0.1, 0.15) is 12.5 Å². The van der Waals surface area contributed by atoms with Gasteiger partial charge in [-0.3, -0.25) is 0 Å². The molecule has 1 aromatic rings. The summed E-state index contributed by atoms with van der Waals surface area (Å²) < 4.78 is 0. The highest BCUT2D eigenvalue weighted by atomic mass is 79.9. The van der Waals surface area contributed by atoms with E-state index < -0.39 is 5.75 Å². The molecule has 1 atom stereocenters. The highest BCUT2D eigenvalue weighted by Crippen LogP contribution is 2.37. The first-order valence-corrected chi connectivity index (χ1v) is 4.80. The molecule has 4 heteroatoms. The zero-order chi connectivity index (χ0) is 10.0. The molecule has 0 spiro atoms. The average Bonchev–Trinajstić information content (AvgIpc) is 2.06. The number of phenolic OH excluding ortho intramolecular Hbond substituents is 3. The molecule has 0 heterocycles. The van der Waals surface area contributed by atoms with Crippen LogP contribution in [0.3, 0.4) is 0 Å². The van der Waals surface area contributed by atoms with Gasteiger partial charge in [0.15, 0.2) is 11.5 Å². The van der Waals surface area contributed by atoms with E-state index in [0.717, 1.165) is 0 Å². The molecule has 0 bridgehead atoms. The molecule has 0 saturated heterocycles. The summed E-state index contributed by atoms with van der Waals surface area (Å²) in [6.07, 6.45) is 0.597. The first kappa shape index (κ1) is 10.2. The number of halogens is 1. The molecule has 1 rings (SSSR count). The van der Waals surface area contributed by atoms with E-state index in [0.29, 0.717) is 12.0 Å². The summed E-state index contributed by atoms with van der Waals surface area (Å²) in [5, 5.41) is 27.6. The number of aromatic hydroxyl groups is 3. The number of hydrogen-bond donors (Lipinski definition) is 3. The Balaban J connectivity index is 3.04. The van der Waals surface area contributed by atoms with Gasteiger partial charge in [-0.15, -0.1) is 0 Å². The van der Waals surface area contributed by atoms with E-state index in [1.165, 1.54) is 6.07 Å². The highest BCUT2D eigenvalue weighted by molar-refractivity contribution is 9.09. The van der Waals surface area contributed by atoms with Gasteiger partial charge in [0.1, 0.15) is 0 Å². The van der Waals surface area contributed by atoms with E-state index in [4.69, 9.17) is 5.11 Å². The molecule has 0 amide bonds. The number of hydrogen-bond acceptors (Lipinski definition) is 3. The molecule has 0 radical (unpaired) electrons. The lowest BCUT2D eigenvalue weighted by atomic mass is 10.1. The van der Waals surface area contributed by atoms with Crippen molar-refractivity contribution in [1.29, 1.82) is 0 Å². The quantitative estimate of drug-likeness (QED) is 0.554. The Morgan fingerprint density at radius 1 is 1.23 bits per heavy atom. The van der Waals surface area contributed by atoms with Crippen molar-refractivity contribution in [1.82, 2.24) is 0 Å². The summed E-state index contributed by atoms with van der Waals surface area (Å²) in [6, 6.07) is 2.95. The topological polar surface area (TPSA) is 60.7 Å². The first-order valence-electron chi connectivity index (χ1n) is 3.89. The van der Waals surface area contributed by atoms with Gasteiger partial charge < -0.3 is 15.3 Å². The van der Waals surface area contributed by atoms with E-state index in [1.807, 2.05) is 6.92 Å². The van der Waals surface area contributed by atoms with Crippen LogP contribution < -0.4 is 0 Å². The largest absolute Gasteiger partial charge is 0.504 e. The maximum Gasteiger partial charge on any atom is 0.200 e. The molecule has 3 N–H and O–H groups in total. The molecular weight excluding hydrogens is 236 g/mol. The van der Waals surface area contributed by atoms with Gasteiger partial charge in [0.2, 0.25) is 5.75 Å². The van der Waals surface area contributed by atoms with Crippen molar-refractivity contribution in [3.8, 4) is 17.2 Å². The maximum atomic E-state index is 9.40. The second-order valence-corrected chi connectivity index (χ2v) is 4.49. The van der Waals surface area contributed by atoms with Gasteiger partial charge in [0.05, 0.1) is 0 Å². The van der Waals surface area contributed by atoms with Crippen LogP contribution in [0.15, 0.2) is 12.1 Å². The van der Waals surface area contributed by atoms with Gasteiger partial charge in [-0.2, -0.15) is 0 Å². The van der Waals surface area contributed by atoms with Crippen LogP contribution in [-0.2, 0) is 6.42 Å². The van der Waals surface area contributed by atoms with Crippen LogP contribution in [0.2, 0.25) is 0 Å². The second kappa shape index (κ2) is 3.87. The highest BCUT2D eigenvalue weighted by Gasteiger charge is 2.11. The molecule has 1 unspecified atom stereocenters. The third-order valence-corrected chi connectivity index (χ3v) is 2.04. The fraction of sp³-hybridized carbons (Fsp3) is 0.333.